The second kappa shape index (κ2) is 13.8. The molecule has 0 aromatic heterocycles. The third-order valence-corrected chi connectivity index (χ3v) is 6.64. The quantitative estimate of drug-likeness (QED) is 0.154. The molecule has 3 aromatic carbocycles. The standard InChI is InChI=1S/C33H30N2O8/c1-21-29(32(38)42-18-4-6-23-10-14-27(36)15-11-23)31(25-8-3-9-26(20-25)35(40)41)30(22(2)34-21)33(39)43-19-5-7-24-12-16-28(37)17-13-24/h3-17,20,31,34,36-37H,18-19H2,1-2H3/b6-4+,7-5+. The van der Waals surface area contributed by atoms with Gasteiger partial charge in [-0.2, -0.15) is 0 Å². The lowest BCUT2D eigenvalue weighted by Crippen LogP contribution is -2.32. The third kappa shape index (κ3) is 7.76. The molecule has 0 saturated carbocycles. The predicted octanol–water partition coefficient (Wildman–Crippen LogP) is 5.75. The number of non-ortho nitro benzene ring substituents is 1. The van der Waals surface area contributed by atoms with Crippen LogP contribution in [0.1, 0.15) is 36.5 Å². The number of dihydropyridines is 1. The van der Waals surface area contributed by atoms with E-state index in [0.29, 0.717) is 17.0 Å². The number of rotatable bonds is 10. The molecule has 220 valence electrons. The van der Waals surface area contributed by atoms with Gasteiger partial charge in [0, 0.05) is 23.5 Å². The summed E-state index contributed by atoms with van der Waals surface area (Å²) in [6.45, 7) is 3.17. The summed E-state index contributed by atoms with van der Waals surface area (Å²) in [4.78, 5) is 37.9. The fraction of sp³-hybridized carbons (Fsp3) is 0.152. The fourth-order valence-electron chi connectivity index (χ4n) is 4.63. The number of carbonyl (C=O) groups is 2. The molecule has 0 fully saturated rings. The predicted molar refractivity (Wildman–Crippen MR) is 161 cm³/mol. The number of nitrogens with one attached hydrogen (secondary N) is 1. The minimum atomic E-state index is -0.997. The molecule has 0 unspecified atom stereocenters. The summed E-state index contributed by atoms with van der Waals surface area (Å²) in [6, 6.07) is 18.7. The van der Waals surface area contributed by atoms with Crippen LogP contribution in [-0.4, -0.2) is 40.3 Å². The lowest BCUT2D eigenvalue weighted by Gasteiger charge is -2.30. The highest BCUT2D eigenvalue weighted by atomic mass is 16.6. The van der Waals surface area contributed by atoms with E-state index in [1.54, 1.807) is 68.5 Å². The van der Waals surface area contributed by atoms with Crippen LogP contribution in [0, 0.1) is 10.1 Å². The molecule has 3 N–H and O–H groups in total. The van der Waals surface area contributed by atoms with Crippen LogP contribution in [0.25, 0.3) is 12.2 Å². The van der Waals surface area contributed by atoms with Crippen LogP contribution in [0.15, 0.2) is 107 Å². The summed E-state index contributed by atoms with van der Waals surface area (Å²) in [5.74, 6) is -2.14. The van der Waals surface area contributed by atoms with Gasteiger partial charge in [-0.3, -0.25) is 10.1 Å². The van der Waals surface area contributed by atoms with Gasteiger partial charge in [-0.15, -0.1) is 0 Å². The highest BCUT2D eigenvalue weighted by molar-refractivity contribution is 6.00. The van der Waals surface area contributed by atoms with Crippen LogP contribution >= 0.6 is 0 Å². The van der Waals surface area contributed by atoms with E-state index >= 15 is 0 Å². The number of carbonyl (C=O) groups excluding carboxylic acids is 2. The number of ether oxygens (including phenoxy) is 2. The van der Waals surface area contributed by atoms with E-state index in [9.17, 15) is 29.9 Å². The minimum absolute atomic E-state index is 0.0807. The minimum Gasteiger partial charge on any atom is -0.508 e. The number of nitro benzene ring substituents is 1. The fourth-order valence-corrected chi connectivity index (χ4v) is 4.63. The highest BCUT2D eigenvalue weighted by Crippen LogP contribution is 2.40. The van der Waals surface area contributed by atoms with E-state index < -0.39 is 22.8 Å². The number of esters is 2. The Morgan fingerprint density at radius 1 is 0.814 bits per heavy atom. The van der Waals surface area contributed by atoms with E-state index in [1.165, 1.54) is 42.5 Å². The normalized spacial score (nSPS) is 13.8. The molecular weight excluding hydrogens is 552 g/mol. The average molecular weight is 583 g/mol. The maximum absolute atomic E-state index is 13.5. The zero-order valence-corrected chi connectivity index (χ0v) is 23.5. The Balaban J connectivity index is 1.58. The van der Waals surface area contributed by atoms with Crippen LogP contribution in [0.5, 0.6) is 11.5 Å². The van der Waals surface area contributed by atoms with Gasteiger partial charge in [0.25, 0.3) is 5.69 Å². The van der Waals surface area contributed by atoms with Crippen molar-refractivity contribution in [3.05, 3.63) is 134 Å². The molecule has 0 radical (unpaired) electrons. The van der Waals surface area contributed by atoms with E-state index in [4.69, 9.17) is 9.47 Å². The van der Waals surface area contributed by atoms with Crippen molar-refractivity contribution in [2.45, 2.75) is 19.8 Å². The van der Waals surface area contributed by atoms with Crippen LogP contribution in [0.2, 0.25) is 0 Å². The van der Waals surface area contributed by atoms with E-state index in [2.05, 4.69) is 5.32 Å². The second-order valence-corrected chi connectivity index (χ2v) is 9.67. The number of nitrogens with zero attached hydrogens (tertiary/aromatic N) is 1. The zero-order valence-electron chi connectivity index (χ0n) is 23.5. The molecule has 0 aliphatic carbocycles. The first-order valence-electron chi connectivity index (χ1n) is 13.3. The van der Waals surface area contributed by atoms with Gasteiger partial charge < -0.3 is 25.0 Å². The number of hydrogen-bond acceptors (Lipinski definition) is 9. The largest absolute Gasteiger partial charge is 0.508 e. The van der Waals surface area contributed by atoms with Crippen molar-refractivity contribution in [3.8, 4) is 11.5 Å². The summed E-state index contributed by atoms with van der Waals surface area (Å²) in [5.41, 5.74) is 2.86. The molecule has 4 rings (SSSR count). The van der Waals surface area contributed by atoms with Gasteiger partial charge in [0.15, 0.2) is 0 Å². The summed E-state index contributed by atoms with van der Waals surface area (Å²) in [7, 11) is 0. The number of aromatic hydroxyl groups is 2. The molecule has 10 nitrogen and oxygen atoms in total. The average Bonchev–Trinajstić information content (AvgIpc) is 2.98. The van der Waals surface area contributed by atoms with Crippen molar-refractivity contribution in [2.75, 3.05) is 13.2 Å². The van der Waals surface area contributed by atoms with Crippen LogP contribution < -0.4 is 5.32 Å². The van der Waals surface area contributed by atoms with E-state index in [-0.39, 0.29) is 41.5 Å². The molecule has 43 heavy (non-hydrogen) atoms. The number of hydrogen-bond donors (Lipinski definition) is 3. The molecule has 0 saturated heterocycles. The van der Waals surface area contributed by atoms with Crippen LogP contribution in [0.4, 0.5) is 5.69 Å². The molecule has 1 aliphatic rings. The number of phenols is 2. The molecule has 10 heteroatoms. The Kier molecular flexibility index (Phi) is 9.74. The first-order valence-corrected chi connectivity index (χ1v) is 13.3. The van der Waals surface area contributed by atoms with Gasteiger partial charge >= 0.3 is 11.9 Å². The molecule has 0 atom stereocenters. The molecule has 0 spiro atoms. The Bertz CT molecular complexity index is 1540. The lowest BCUT2D eigenvalue weighted by molar-refractivity contribution is -0.384. The summed E-state index contributed by atoms with van der Waals surface area (Å²) in [6.07, 6.45) is 6.72. The SMILES string of the molecule is CC1=C(C(=O)OC/C=C/c2ccc(O)cc2)C(c2cccc([N+](=O)[O-])c2)C(C(=O)OC/C=C/c2ccc(O)cc2)=C(C)N1. The number of phenolic OH excluding ortho intramolecular Hbond substituents is 2. The van der Waals surface area contributed by atoms with Crippen molar-refractivity contribution in [1.82, 2.24) is 5.32 Å². The second-order valence-electron chi connectivity index (χ2n) is 9.67. The Morgan fingerprint density at radius 3 is 1.72 bits per heavy atom. The summed E-state index contributed by atoms with van der Waals surface area (Å²) >= 11 is 0. The van der Waals surface area contributed by atoms with Gasteiger partial charge in [0.1, 0.15) is 24.7 Å². The Hall–Kier alpha value is -5.64. The van der Waals surface area contributed by atoms with Crippen molar-refractivity contribution in [2.24, 2.45) is 0 Å². The number of nitro groups is 1. The highest BCUT2D eigenvalue weighted by Gasteiger charge is 2.38. The van der Waals surface area contributed by atoms with Crippen molar-refractivity contribution < 1.29 is 34.2 Å². The molecule has 0 amide bonds. The third-order valence-electron chi connectivity index (χ3n) is 6.64. The summed E-state index contributed by atoms with van der Waals surface area (Å²) in [5, 5.41) is 33.5. The molecule has 0 bridgehead atoms. The molecule has 1 aliphatic heterocycles. The van der Waals surface area contributed by atoms with Crippen LogP contribution in [0.3, 0.4) is 0 Å². The van der Waals surface area contributed by atoms with Gasteiger partial charge in [-0.25, -0.2) is 9.59 Å². The summed E-state index contributed by atoms with van der Waals surface area (Å²) < 4.78 is 11.1. The number of allylic oxidation sites excluding steroid dienone is 2. The zero-order chi connectivity index (χ0) is 30.9. The van der Waals surface area contributed by atoms with Gasteiger partial charge in [-0.1, -0.05) is 48.6 Å². The molecule has 1 heterocycles. The monoisotopic (exact) mass is 582 g/mol. The first-order chi connectivity index (χ1) is 20.6. The van der Waals surface area contributed by atoms with Gasteiger partial charge in [0.2, 0.25) is 0 Å². The van der Waals surface area contributed by atoms with Crippen LogP contribution in [-0.2, 0) is 19.1 Å². The van der Waals surface area contributed by atoms with Gasteiger partial charge in [-0.05, 0) is 67.0 Å². The first kappa shape index (κ1) is 30.3. The van der Waals surface area contributed by atoms with E-state index in [1.807, 2.05) is 0 Å². The smallest absolute Gasteiger partial charge is 0.337 e. The van der Waals surface area contributed by atoms with Gasteiger partial charge in [0.05, 0.1) is 22.0 Å². The van der Waals surface area contributed by atoms with Crippen molar-refractivity contribution >= 4 is 29.8 Å². The molecular formula is C33H30N2O8. The Morgan fingerprint density at radius 2 is 1.28 bits per heavy atom. The maximum atomic E-state index is 13.5. The molecule has 3 aromatic rings. The van der Waals surface area contributed by atoms with Crippen molar-refractivity contribution in [3.63, 3.8) is 0 Å². The Labute approximate surface area is 248 Å². The topological polar surface area (TPSA) is 148 Å². The maximum Gasteiger partial charge on any atom is 0.337 e. The van der Waals surface area contributed by atoms with E-state index in [0.717, 1.165) is 11.1 Å². The lowest BCUT2D eigenvalue weighted by atomic mass is 9.80. The van der Waals surface area contributed by atoms with Crippen molar-refractivity contribution in [1.29, 1.82) is 0 Å². The number of benzene rings is 3.